The number of aliphatic carboxylic acids is 1. The third kappa shape index (κ3) is 3.96. The zero-order valence-corrected chi connectivity index (χ0v) is 13.1. The molecule has 3 atom stereocenters. The number of amides is 1. The summed E-state index contributed by atoms with van der Waals surface area (Å²) in [6.07, 6.45) is 6.04. The van der Waals surface area contributed by atoms with E-state index in [1.807, 2.05) is 0 Å². The number of rotatable bonds is 5. The summed E-state index contributed by atoms with van der Waals surface area (Å²) in [4.78, 5) is 25.3. The van der Waals surface area contributed by atoms with E-state index in [-0.39, 0.29) is 30.5 Å². The van der Waals surface area contributed by atoms with Crippen molar-refractivity contribution in [1.29, 1.82) is 0 Å². The van der Waals surface area contributed by atoms with E-state index >= 15 is 0 Å². The molecule has 2 rings (SSSR count). The third-order valence-corrected chi connectivity index (χ3v) is 5.60. The van der Waals surface area contributed by atoms with Crippen molar-refractivity contribution in [3.05, 3.63) is 0 Å². The van der Waals surface area contributed by atoms with Gasteiger partial charge in [0.2, 0.25) is 5.91 Å². The van der Waals surface area contributed by atoms with Crippen LogP contribution in [0, 0.1) is 5.92 Å². The van der Waals surface area contributed by atoms with Crippen LogP contribution in [0.25, 0.3) is 0 Å². The molecule has 1 saturated heterocycles. The normalized spacial score (nSPS) is 29.2. The van der Waals surface area contributed by atoms with Crippen LogP contribution in [0.2, 0.25) is 0 Å². The van der Waals surface area contributed by atoms with Gasteiger partial charge in [-0.15, -0.1) is 0 Å². The molecule has 1 saturated carbocycles. The Bertz CT molecular complexity index is 515. The van der Waals surface area contributed by atoms with Gasteiger partial charge in [-0.25, -0.2) is 13.2 Å². The number of carbonyl (C=O) groups excluding carboxylic acids is 1. The smallest absolute Gasteiger partial charge is 0.326 e. The summed E-state index contributed by atoms with van der Waals surface area (Å²) in [5.74, 6) is -0.890. The van der Waals surface area contributed by atoms with Crippen LogP contribution in [0.4, 0.5) is 0 Å². The average Bonchev–Trinajstić information content (AvgIpc) is 2.76. The molecule has 2 fully saturated rings. The van der Waals surface area contributed by atoms with E-state index in [1.165, 1.54) is 4.90 Å². The first-order valence-corrected chi connectivity index (χ1v) is 9.57. The number of fused-ring (bicyclic) bond motifs is 1. The van der Waals surface area contributed by atoms with Gasteiger partial charge in [0.05, 0.1) is 5.75 Å². The molecule has 1 heterocycles. The fraction of sp³-hybridized carbons (Fsp3) is 0.857. The Hall–Kier alpha value is -1.11. The zero-order chi connectivity index (χ0) is 15.6. The molecule has 1 aliphatic heterocycles. The lowest BCUT2D eigenvalue weighted by atomic mass is 9.84. The number of sulfone groups is 1. The lowest BCUT2D eigenvalue weighted by molar-refractivity contribution is -0.149. The summed E-state index contributed by atoms with van der Waals surface area (Å²) in [5.41, 5.74) is 0. The van der Waals surface area contributed by atoms with Gasteiger partial charge in [0.15, 0.2) is 0 Å². The molecule has 6 nitrogen and oxygen atoms in total. The van der Waals surface area contributed by atoms with E-state index in [9.17, 15) is 23.1 Å². The summed E-state index contributed by atoms with van der Waals surface area (Å²) >= 11 is 0. The van der Waals surface area contributed by atoms with Crippen molar-refractivity contribution in [3.8, 4) is 0 Å². The second-order valence-electron chi connectivity index (χ2n) is 6.24. The lowest BCUT2D eigenvalue weighted by Gasteiger charge is -2.33. The quantitative estimate of drug-likeness (QED) is 0.818. The van der Waals surface area contributed by atoms with Gasteiger partial charge in [-0.2, -0.15) is 0 Å². The van der Waals surface area contributed by atoms with Crippen LogP contribution in [-0.2, 0) is 19.4 Å². The highest BCUT2D eigenvalue weighted by atomic mass is 32.2. The fourth-order valence-corrected chi connectivity index (χ4v) is 4.32. The van der Waals surface area contributed by atoms with E-state index in [2.05, 4.69) is 0 Å². The highest BCUT2D eigenvalue weighted by molar-refractivity contribution is 7.90. The fourth-order valence-electron chi connectivity index (χ4n) is 3.65. The summed E-state index contributed by atoms with van der Waals surface area (Å²) < 4.78 is 22.2. The van der Waals surface area contributed by atoms with Gasteiger partial charge in [0.1, 0.15) is 15.9 Å². The van der Waals surface area contributed by atoms with Crippen molar-refractivity contribution >= 4 is 21.7 Å². The van der Waals surface area contributed by atoms with Crippen LogP contribution in [0.15, 0.2) is 0 Å². The van der Waals surface area contributed by atoms with E-state index in [0.29, 0.717) is 12.3 Å². The predicted octanol–water partition coefficient (Wildman–Crippen LogP) is 1.06. The molecule has 1 amide bonds. The van der Waals surface area contributed by atoms with Gasteiger partial charge in [-0.1, -0.05) is 12.8 Å². The van der Waals surface area contributed by atoms with Crippen LogP contribution < -0.4 is 0 Å². The van der Waals surface area contributed by atoms with E-state index in [1.54, 1.807) is 0 Å². The molecule has 0 spiro atoms. The second-order valence-corrected chi connectivity index (χ2v) is 8.50. The number of carboxylic acids is 1. The van der Waals surface area contributed by atoms with Gasteiger partial charge >= 0.3 is 5.97 Å². The summed E-state index contributed by atoms with van der Waals surface area (Å²) in [6, 6.07) is -0.700. The van der Waals surface area contributed by atoms with Crippen molar-refractivity contribution in [2.45, 2.75) is 57.0 Å². The van der Waals surface area contributed by atoms with Gasteiger partial charge in [0.25, 0.3) is 0 Å². The molecular formula is C14H23NO5S. The van der Waals surface area contributed by atoms with E-state index in [0.717, 1.165) is 31.9 Å². The molecule has 0 radical (unpaired) electrons. The number of likely N-dealkylation sites (tertiary alicyclic amines) is 1. The Morgan fingerprint density at radius 1 is 1.24 bits per heavy atom. The van der Waals surface area contributed by atoms with Crippen LogP contribution >= 0.6 is 0 Å². The largest absolute Gasteiger partial charge is 0.480 e. The monoisotopic (exact) mass is 317 g/mol. The Balaban J connectivity index is 2.03. The summed E-state index contributed by atoms with van der Waals surface area (Å²) in [7, 11) is -3.08. The molecule has 21 heavy (non-hydrogen) atoms. The third-order valence-electron chi connectivity index (χ3n) is 4.57. The number of hydrogen-bond acceptors (Lipinski definition) is 4. The van der Waals surface area contributed by atoms with E-state index < -0.39 is 21.8 Å². The first kappa shape index (κ1) is 16.3. The first-order chi connectivity index (χ1) is 9.79. The Labute approximate surface area is 125 Å². The van der Waals surface area contributed by atoms with Crippen LogP contribution in [0.3, 0.4) is 0 Å². The number of carboxylic acid groups (broad SMARTS) is 1. The zero-order valence-electron chi connectivity index (χ0n) is 12.3. The van der Waals surface area contributed by atoms with Gasteiger partial charge in [0, 0.05) is 18.7 Å². The maximum Gasteiger partial charge on any atom is 0.326 e. The first-order valence-electron chi connectivity index (χ1n) is 7.51. The lowest BCUT2D eigenvalue weighted by Crippen LogP contribution is -2.46. The minimum absolute atomic E-state index is 0.0294. The van der Waals surface area contributed by atoms with Crippen LogP contribution in [-0.4, -0.2) is 54.4 Å². The topological polar surface area (TPSA) is 91.8 Å². The Kier molecular flexibility index (Phi) is 4.91. The van der Waals surface area contributed by atoms with Crippen molar-refractivity contribution in [2.75, 3.05) is 12.0 Å². The highest BCUT2D eigenvalue weighted by Crippen LogP contribution is 2.40. The van der Waals surface area contributed by atoms with E-state index in [4.69, 9.17) is 0 Å². The minimum atomic E-state index is -3.08. The van der Waals surface area contributed by atoms with Crippen LogP contribution in [0.5, 0.6) is 0 Å². The maximum absolute atomic E-state index is 12.4. The summed E-state index contributed by atoms with van der Waals surface area (Å²) in [6.45, 7) is 0. The minimum Gasteiger partial charge on any atom is -0.480 e. The molecular weight excluding hydrogens is 294 g/mol. The van der Waals surface area contributed by atoms with Crippen molar-refractivity contribution in [3.63, 3.8) is 0 Å². The molecule has 1 aliphatic carbocycles. The average molecular weight is 317 g/mol. The van der Waals surface area contributed by atoms with Crippen molar-refractivity contribution in [2.24, 2.45) is 5.92 Å². The molecule has 2 aliphatic rings. The molecule has 1 N–H and O–H groups in total. The van der Waals surface area contributed by atoms with Crippen molar-refractivity contribution in [1.82, 2.24) is 4.90 Å². The second kappa shape index (κ2) is 6.34. The molecule has 0 unspecified atom stereocenters. The molecule has 0 aromatic rings. The molecule has 0 bridgehead atoms. The molecule has 0 aromatic heterocycles. The number of hydrogen-bond donors (Lipinski definition) is 1. The molecule has 120 valence electrons. The molecule has 0 aromatic carbocycles. The SMILES string of the molecule is CS(=O)(=O)CCCC(=O)N1[C@H](C(=O)O)C[C@@H]2CCCC[C@@H]21. The molecule has 7 heteroatoms. The van der Waals surface area contributed by atoms with Crippen molar-refractivity contribution < 1.29 is 23.1 Å². The maximum atomic E-state index is 12.4. The number of carbonyl (C=O) groups is 2. The summed E-state index contributed by atoms with van der Waals surface area (Å²) in [5, 5.41) is 9.34. The van der Waals surface area contributed by atoms with Crippen LogP contribution in [0.1, 0.15) is 44.9 Å². The Morgan fingerprint density at radius 3 is 2.52 bits per heavy atom. The Morgan fingerprint density at radius 2 is 1.90 bits per heavy atom. The standard InChI is InChI=1S/C14H23NO5S/c1-21(19,20)8-4-7-13(16)15-11-6-3-2-5-10(11)9-12(15)14(17)18/h10-12H,2-9H2,1H3,(H,17,18)/t10-,11-,12-/m0/s1. The van der Waals surface area contributed by atoms with Gasteiger partial charge < -0.3 is 10.0 Å². The van der Waals surface area contributed by atoms with Gasteiger partial charge in [-0.3, -0.25) is 4.79 Å². The predicted molar refractivity (Wildman–Crippen MR) is 77.6 cm³/mol. The highest BCUT2D eigenvalue weighted by Gasteiger charge is 2.47. The number of nitrogens with zero attached hydrogens (tertiary/aromatic N) is 1. The van der Waals surface area contributed by atoms with Gasteiger partial charge in [-0.05, 0) is 31.6 Å².